The molecule has 11 heteroatoms. The number of hydrazone groups is 1. The van der Waals surface area contributed by atoms with E-state index in [1.54, 1.807) is 5.32 Å². The van der Waals surface area contributed by atoms with Crippen LogP contribution in [0, 0.1) is 10.1 Å². The Morgan fingerprint density at radius 1 is 1.07 bits per heavy atom. The van der Waals surface area contributed by atoms with Gasteiger partial charge in [-0.15, -0.1) is 0 Å². The molecular weight excluding hydrogens is 381 g/mol. The monoisotopic (exact) mass is 394 g/mol. The van der Waals surface area contributed by atoms with Gasteiger partial charge >= 0.3 is 12.1 Å². The van der Waals surface area contributed by atoms with Crippen LogP contribution < -0.4 is 10.7 Å². The van der Waals surface area contributed by atoms with E-state index in [4.69, 9.17) is 0 Å². The molecule has 0 aliphatic carbocycles. The highest BCUT2D eigenvalue weighted by Crippen LogP contribution is 2.19. The van der Waals surface area contributed by atoms with Gasteiger partial charge in [0.15, 0.2) is 0 Å². The SMILES string of the molecule is CC(=NNC(=O)c1cccc([N+](=O)[O-])c1)c1ccc(NC(=O)C(F)(F)F)cc1. The molecule has 0 unspecified atom stereocenters. The minimum absolute atomic E-state index is 0.0379. The van der Waals surface area contributed by atoms with Crippen molar-refractivity contribution >= 4 is 28.9 Å². The Balaban J connectivity index is 2.05. The molecule has 8 nitrogen and oxygen atoms in total. The molecule has 0 aliphatic rings. The molecule has 2 amide bonds. The molecule has 0 heterocycles. The van der Waals surface area contributed by atoms with E-state index in [9.17, 15) is 32.9 Å². The summed E-state index contributed by atoms with van der Waals surface area (Å²) in [4.78, 5) is 33.0. The van der Waals surface area contributed by atoms with Crippen LogP contribution in [0.5, 0.6) is 0 Å². The van der Waals surface area contributed by atoms with Crippen LogP contribution in [0.1, 0.15) is 22.8 Å². The number of benzene rings is 2. The number of nitrogens with zero attached hydrogens (tertiary/aromatic N) is 2. The van der Waals surface area contributed by atoms with Crippen molar-refractivity contribution in [2.45, 2.75) is 13.1 Å². The van der Waals surface area contributed by atoms with Gasteiger partial charge in [0.2, 0.25) is 0 Å². The van der Waals surface area contributed by atoms with E-state index in [0.717, 1.165) is 6.07 Å². The van der Waals surface area contributed by atoms with Crippen molar-refractivity contribution in [3.8, 4) is 0 Å². The van der Waals surface area contributed by atoms with Gasteiger partial charge in [-0.25, -0.2) is 5.43 Å². The first kappa shape index (κ1) is 20.6. The van der Waals surface area contributed by atoms with Gasteiger partial charge in [0.05, 0.1) is 10.6 Å². The lowest BCUT2D eigenvalue weighted by atomic mass is 10.1. The first-order chi connectivity index (χ1) is 13.1. The molecule has 0 radical (unpaired) electrons. The number of nitro groups is 1. The van der Waals surface area contributed by atoms with E-state index in [1.807, 2.05) is 0 Å². The minimum Gasteiger partial charge on any atom is -0.318 e. The van der Waals surface area contributed by atoms with Gasteiger partial charge in [0.1, 0.15) is 0 Å². The second-order valence-corrected chi connectivity index (χ2v) is 5.47. The summed E-state index contributed by atoms with van der Waals surface area (Å²) in [5, 5.41) is 16.3. The lowest BCUT2D eigenvalue weighted by Gasteiger charge is -2.08. The third kappa shape index (κ3) is 5.37. The first-order valence-electron chi connectivity index (χ1n) is 7.65. The van der Waals surface area contributed by atoms with Gasteiger partial charge in [0.25, 0.3) is 11.6 Å². The van der Waals surface area contributed by atoms with Crippen molar-refractivity contribution in [3.63, 3.8) is 0 Å². The second-order valence-electron chi connectivity index (χ2n) is 5.47. The summed E-state index contributed by atoms with van der Waals surface area (Å²) in [6.07, 6.45) is -4.99. The first-order valence-corrected chi connectivity index (χ1v) is 7.65. The van der Waals surface area contributed by atoms with Gasteiger partial charge in [-0.3, -0.25) is 19.7 Å². The second kappa shape index (κ2) is 8.29. The van der Waals surface area contributed by atoms with Crippen LogP contribution in [0.25, 0.3) is 0 Å². The predicted octanol–water partition coefficient (Wildman–Crippen LogP) is 3.25. The quantitative estimate of drug-likeness (QED) is 0.460. The zero-order valence-electron chi connectivity index (χ0n) is 14.3. The fraction of sp³-hybridized carbons (Fsp3) is 0.118. The third-order valence-electron chi connectivity index (χ3n) is 3.46. The number of hydrogen-bond acceptors (Lipinski definition) is 5. The largest absolute Gasteiger partial charge is 0.471 e. The third-order valence-corrected chi connectivity index (χ3v) is 3.46. The Hall–Kier alpha value is -3.76. The predicted molar refractivity (Wildman–Crippen MR) is 93.9 cm³/mol. The topological polar surface area (TPSA) is 114 Å². The molecule has 0 fully saturated rings. The summed E-state index contributed by atoms with van der Waals surface area (Å²) in [7, 11) is 0. The normalized spacial score (nSPS) is 11.6. The maximum Gasteiger partial charge on any atom is 0.471 e. The summed E-state index contributed by atoms with van der Waals surface area (Å²) >= 11 is 0. The highest BCUT2D eigenvalue weighted by Gasteiger charge is 2.38. The van der Waals surface area contributed by atoms with Crippen LogP contribution in [0.2, 0.25) is 0 Å². The number of anilines is 1. The van der Waals surface area contributed by atoms with Crippen LogP contribution in [0.3, 0.4) is 0 Å². The molecule has 0 saturated heterocycles. The highest BCUT2D eigenvalue weighted by atomic mass is 19.4. The molecular formula is C17H13F3N4O4. The van der Waals surface area contributed by atoms with Crippen molar-refractivity contribution in [1.29, 1.82) is 0 Å². The van der Waals surface area contributed by atoms with E-state index in [2.05, 4.69) is 10.5 Å². The molecule has 0 aliphatic heterocycles. The number of halogens is 3. The zero-order chi connectivity index (χ0) is 20.9. The average Bonchev–Trinajstić information content (AvgIpc) is 2.65. The number of non-ortho nitro benzene ring substituents is 1. The summed E-state index contributed by atoms with van der Waals surface area (Å²) in [5.74, 6) is -2.76. The van der Waals surface area contributed by atoms with Gasteiger partial charge in [-0.2, -0.15) is 18.3 Å². The average molecular weight is 394 g/mol. The molecule has 2 aromatic rings. The number of carbonyl (C=O) groups excluding carboxylic acids is 2. The highest BCUT2D eigenvalue weighted by molar-refractivity contribution is 6.01. The van der Waals surface area contributed by atoms with Gasteiger partial charge < -0.3 is 5.32 Å². The number of carbonyl (C=O) groups is 2. The van der Waals surface area contributed by atoms with Gasteiger partial charge in [-0.05, 0) is 30.7 Å². The molecule has 2 aromatic carbocycles. The molecule has 146 valence electrons. The zero-order valence-corrected chi connectivity index (χ0v) is 14.3. The number of alkyl halides is 3. The number of nitro benzene ring substituents is 1. The molecule has 0 spiro atoms. The van der Waals surface area contributed by atoms with E-state index < -0.39 is 22.9 Å². The van der Waals surface area contributed by atoms with Crippen LogP contribution in [-0.4, -0.2) is 28.6 Å². The van der Waals surface area contributed by atoms with Crippen molar-refractivity contribution < 1.29 is 27.7 Å². The number of nitrogens with one attached hydrogen (secondary N) is 2. The van der Waals surface area contributed by atoms with E-state index in [0.29, 0.717) is 11.3 Å². The lowest BCUT2D eigenvalue weighted by molar-refractivity contribution is -0.384. The summed E-state index contributed by atoms with van der Waals surface area (Å²) in [6.45, 7) is 1.54. The van der Waals surface area contributed by atoms with Crippen molar-refractivity contribution in [3.05, 3.63) is 69.8 Å². The molecule has 28 heavy (non-hydrogen) atoms. The Labute approximate surface area is 156 Å². The maximum absolute atomic E-state index is 12.2. The number of rotatable bonds is 5. The smallest absolute Gasteiger partial charge is 0.318 e. The summed E-state index contributed by atoms with van der Waals surface area (Å²) < 4.78 is 36.7. The van der Waals surface area contributed by atoms with Gasteiger partial charge in [0, 0.05) is 23.4 Å². The Kier molecular flexibility index (Phi) is 6.08. The molecule has 0 atom stereocenters. The fourth-order valence-corrected chi connectivity index (χ4v) is 2.02. The van der Waals surface area contributed by atoms with Crippen LogP contribution in [-0.2, 0) is 4.79 Å². The Morgan fingerprint density at radius 3 is 2.29 bits per heavy atom. The van der Waals surface area contributed by atoms with Crippen molar-refractivity contribution in [2.24, 2.45) is 5.10 Å². The van der Waals surface area contributed by atoms with Crippen LogP contribution >= 0.6 is 0 Å². The van der Waals surface area contributed by atoms with Crippen LogP contribution in [0.15, 0.2) is 53.6 Å². The minimum atomic E-state index is -4.99. The van der Waals surface area contributed by atoms with Crippen LogP contribution in [0.4, 0.5) is 24.5 Å². The molecule has 0 aromatic heterocycles. The maximum atomic E-state index is 12.2. The molecule has 2 rings (SSSR count). The Bertz CT molecular complexity index is 940. The van der Waals surface area contributed by atoms with Crippen molar-refractivity contribution in [2.75, 3.05) is 5.32 Å². The standard InChI is InChI=1S/C17H13F3N4O4/c1-10(11-5-7-13(8-6-11)21-16(26)17(18,19)20)22-23-15(25)12-3-2-4-14(9-12)24(27)28/h2-9H,1H3,(H,21,26)(H,23,25). The fourth-order valence-electron chi connectivity index (χ4n) is 2.02. The molecule has 0 saturated carbocycles. The van der Waals surface area contributed by atoms with Gasteiger partial charge in [-0.1, -0.05) is 18.2 Å². The van der Waals surface area contributed by atoms with E-state index in [1.165, 1.54) is 49.4 Å². The summed E-state index contributed by atoms with van der Waals surface area (Å²) in [5.41, 5.74) is 2.78. The Morgan fingerprint density at radius 2 is 1.71 bits per heavy atom. The molecule has 2 N–H and O–H groups in total. The number of amides is 2. The van der Waals surface area contributed by atoms with E-state index >= 15 is 0 Å². The summed E-state index contributed by atoms with van der Waals surface area (Å²) in [6, 6.07) is 10.4. The lowest BCUT2D eigenvalue weighted by Crippen LogP contribution is -2.29. The van der Waals surface area contributed by atoms with Crippen molar-refractivity contribution in [1.82, 2.24) is 5.43 Å². The molecule has 0 bridgehead atoms. The van der Waals surface area contributed by atoms with E-state index in [-0.39, 0.29) is 16.9 Å². The number of hydrogen-bond donors (Lipinski definition) is 2.